The van der Waals surface area contributed by atoms with Crippen molar-refractivity contribution < 1.29 is 13.2 Å². The molecule has 2 fully saturated rings. The standard InChI is InChI=1S/C19H28N2O3S.ClH/c1-15-5-3-4-6-17(15)16-7-13-21(14-8-16)18(22)19(25(2,23)24)9-11-20-12-10-19;/h3-6,16,20H,7-14H2,1-2H3;1H. The van der Waals surface area contributed by atoms with Crippen molar-refractivity contribution in [3.63, 3.8) is 0 Å². The number of sulfone groups is 1. The highest BCUT2D eigenvalue weighted by Gasteiger charge is 2.50. The molecular formula is C19H29ClN2O3S. The maximum atomic E-state index is 13.2. The third-order valence-corrected chi connectivity index (χ3v) is 7.92. The largest absolute Gasteiger partial charge is 0.341 e. The second-order valence-electron chi connectivity index (χ2n) is 7.44. The van der Waals surface area contributed by atoms with Gasteiger partial charge < -0.3 is 10.2 Å². The second-order valence-corrected chi connectivity index (χ2v) is 9.77. The zero-order chi connectivity index (χ0) is 18.1. The first kappa shape index (κ1) is 21.2. The Kier molecular flexibility index (Phi) is 6.75. The van der Waals surface area contributed by atoms with Crippen LogP contribution < -0.4 is 5.32 Å². The van der Waals surface area contributed by atoms with Crippen LogP contribution in [0.1, 0.15) is 42.7 Å². The summed E-state index contributed by atoms with van der Waals surface area (Å²) in [6.07, 6.45) is 3.77. The minimum Gasteiger partial charge on any atom is -0.341 e. The van der Waals surface area contributed by atoms with Crippen LogP contribution in [0.4, 0.5) is 0 Å². The number of carbonyl (C=O) groups is 1. The zero-order valence-corrected chi connectivity index (χ0v) is 17.2. The van der Waals surface area contributed by atoms with Gasteiger partial charge in [-0.2, -0.15) is 0 Å². The summed E-state index contributed by atoms with van der Waals surface area (Å²) in [7, 11) is -3.44. The monoisotopic (exact) mass is 400 g/mol. The number of benzene rings is 1. The lowest BCUT2D eigenvalue weighted by Crippen LogP contribution is -2.59. The fourth-order valence-corrected chi connectivity index (χ4v) is 5.69. The van der Waals surface area contributed by atoms with Crippen molar-refractivity contribution in [1.29, 1.82) is 0 Å². The summed E-state index contributed by atoms with van der Waals surface area (Å²) in [5.41, 5.74) is 2.65. The van der Waals surface area contributed by atoms with E-state index in [0.29, 0.717) is 44.9 Å². The molecule has 1 aromatic rings. The molecule has 1 N–H and O–H groups in total. The Morgan fingerprint density at radius 1 is 1.15 bits per heavy atom. The van der Waals surface area contributed by atoms with E-state index < -0.39 is 14.6 Å². The van der Waals surface area contributed by atoms with Crippen molar-refractivity contribution in [3.8, 4) is 0 Å². The van der Waals surface area contributed by atoms with E-state index in [1.165, 1.54) is 17.4 Å². The number of amides is 1. The number of nitrogens with one attached hydrogen (secondary N) is 1. The topological polar surface area (TPSA) is 66.5 Å². The van der Waals surface area contributed by atoms with Crippen molar-refractivity contribution in [2.45, 2.75) is 43.3 Å². The van der Waals surface area contributed by atoms with Gasteiger partial charge in [0.25, 0.3) is 0 Å². The van der Waals surface area contributed by atoms with Gasteiger partial charge in [-0.3, -0.25) is 4.79 Å². The van der Waals surface area contributed by atoms with Crippen LogP contribution in [0.15, 0.2) is 24.3 Å². The molecule has 146 valence electrons. The molecule has 0 radical (unpaired) electrons. The van der Waals surface area contributed by atoms with Gasteiger partial charge in [0, 0.05) is 19.3 Å². The molecule has 3 rings (SSSR count). The number of hydrogen-bond donors (Lipinski definition) is 1. The Morgan fingerprint density at radius 2 is 1.73 bits per heavy atom. The summed E-state index contributed by atoms with van der Waals surface area (Å²) in [4.78, 5) is 14.9. The number of piperidine rings is 2. The van der Waals surface area contributed by atoms with E-state index in [1.54, 1.807) is 4.90 Å². The Balaban J connectivity index is 0.00000243. The van der Waals surface area contributed by atoms with E-state index in [-0.39, 0.29) is 18.3 Å². The highest BCUT2D eigenvalue weighted by atomic mass is 35.5. The smallest absolute Gasteiger partial charge is 0.244 e. The van der Waals surface area contributed by atoms with Crippen LogP contribution in [-0.4, -0.2) is 56.4 Å². The molecule has 26 heavy (non-hydrogen) atoms. The molecule has 0 atom stereocenters. The normalized spacial score (nSPS) is 21.1. The van der Waals surface area contributed by atoms with E-state index in [2.05, 4.69) is 30.4 Å². The quantitative estimate of drug-likeness (QED) is 0.845. The Morgan fingerprint density at radius 3 is 2.27 bits per heavy atom. The first-order valence-electron chi connectivity index (χ1n) is 9.10. The number of hydrogen-bond acceptors (Lipinski definition) is 4. The Bertz CT molecular complexity index is 737. The van der Waals surface area contributed by atoms with Crippen molar-refractivity contribution in [3.05, 3.63) is 35.4 Å². The number of nitrogens with zero attached hydrogens (tertiary/aromatic N) is 1. The average Bonchev–Trinajstić information content (AvgIpc) is 2.61. The number of halogens is 1. The predicted molar refractivity (Wildman–Crippen MR) is 107 cm³/mol. The summed E-state index contributed by atoms with van der Waals surface area (Å²) < 4.78 is 23.7. The van der Waals surface area contributed by atoms with E-state index >= 15 is 0 Å². The van der Waals surface area contributed by atoms with Gasteiger partial charge >= 0.3 is 0 Å². The molecule has 0 aromatic heterocycles. The number of likely N-dealkylation sites (tertiary alicyclic amines) is 1. The first-order valence-corrected chi connectivity index (χ1v) is 11.0. The van der Waals surface area contributed by atoms with Crippen molar-refractivity contribution in [2.75, 3.05) is 32.4 Å². The molecule has 0 bridgehead atoms. The second kappa shape index (κ2) is 8.28. The first-order chi connectivity index (χ1) is 11.8. The minimum atomic E-state index is -3.44. The molecule has 0 spiro atoms. The Hall–Kier alpha value is -1.11. The van der Waals surface area contributed by atoms with Gasteiger partial charge in [0.15, 0.2) is 14.6 Å². The summed E-state index contributed by atoms with van der Waals surface area (Å²) in [5, 5.41) is 3.17. The third-order valence-electron chi connectivity index (χ3n) is 5.92. The van der Waals surface area contributed by atoms with Gasteiger partial charge in [0.1, 0.15) is 0 Å². The molecule has 7 heteroatoms. The molecule has 2 aliphatic heterocycles. The lowest BCUT2D eigenvalue weighted by atomic mass is 9.86. The van der Waals surface area contributed by atoms with E-state index in [0.717, 1.165) is 12.8 Å². The molecule has 2 heterocycles. The highest BCUT2D eigenvalue weighted by Crippen LogP contribution is 2.34. The molecule has 0 unspecified atom stereocenters. The SMILES string of the molecule is Cc1ccccc1C1CCN(C(=O)C2(S(C)(=O)=O)CCNCC2)CC1.Cl. The van der Waals surface area contributed by atoms with E-state index in [1.807, 2.05) is 6.07 Å². The average molecular weight is 401 g/mol. The predicted octanol–water partition coefficient (Wildman–Crippen LogP) is 2.29. The molecule has 2 saturated heterocycles. The van der Waals surface area contributed by atoms with Crippen LogP contribution in [-0.2, 0) is 14.6 Å². The van der Waals surface area contributed by atoms with Gasteiger partial charge in [-0.1, -0.05) is 24.3 Å². The molecular weight excluding hydrogens is 372 g/mol. The highest BCUT2D eigenvalue weighted by molar-refractivity contribution is 7.92. The van der Waals surface area contributed by atoms with Crippen molar-refractivity contribution >= 4 is 28.2 Å². The summed E-state index contributed by atoms with van der Waals surface area (Å²) >= 11 is 0. The maximum Gasteiger partial charge on any atom is 0.244 e. The maximum absolute atomic E-state index is 13.2. The van der Waals surface area contributed by atoms with Crippen LogP contribution in [0, 0.1) is 6.92 Å². The van der Waals surface area contributed by atoms with Crippen molar-refractivity contribution in [2.24, 2.45) is 0 Å². The zero-order valence-electron chi connectivity index (χ0n) is 15.5. The summed E-state index contributed by atoms with van der Waals surface area (Å²) in [6, 6.07) is 8.40. The van der Waals surface area contributed by atoms with Gasteiger partial charge in [-0.15, -0.1) is 12.4 Å². The Labute approximate surface area is 162 Å². The van der Waals surface area contributed by atoms with Gasteiger partial charge in [-0.25, -0.2) is 8.42 Å². The summed E-state index contributed by atoms with van der Waals surface area (Å²) in [6.45, 7) is 4.57. The third kappa shape index (κ3) is 3.92. The van der Waals surface area contributed by atoms with E-state index in [4.69, 9.17) is 0 Å². The van der Waals surface area contributed by atoms with Crippen LogP contribution in [0.5, 0.6) is 0 Å². The molecule has 2 aliphatic rings. The van der Waals surface area contributed by atoms with Crippen LogP contribution >= 0.6 is 12.4 Å². The number of aryl methyl sites for hydroxylation is 1. The molecule has 5 nitrogen and oxygen atoms in total. The fraction of sp³-hybridized carbons (Fsp3) is 0.632. The number of carbonyl (C=O) groups excluding carboxylic acids is 1. The lowest BCUT2D eigenvalue weighted by Gasteiger charge is -2.41. The van der Waals surface area contributed by atoms with Gasteiger partial charge in [0.05, 0.1) is 0 Å². The lowest BCUT2D eigenvalue weighted by molar-refractivity contribution is -0.135. The van der Waals surface area contributed by atoms with Gasteiger partial charge in [0.2, 0.25) is 5.91 Å². The minimum absolute atomic E-state index is 0. The van der Waals surface area contributed by atoms with Crippen molar-refractivity contribution in [1.82, 2.24) is 10.2 Å². The number of rotatable bonds is 3. The fourth-order valence-electron chi connectivity index (χ4n) is 4.30. The molecule has 0 aliphatic carbocycles. The van der Waals surface area contributed by atoms with Gasteiger partial charge in [-0.05, 0) is 62.7 Å². The summed E-state index contributed by atoms with van der Waals surface area (Å²) in [5.74, 6) is 0.271. The van der Waals surface area contributed by atoms with Crippen LogP contribution in [0.2, 0.25) is 0 Å². The molecule has 1 amide bonds. The van der Waals surface area contributed by atoms with E-state index in [9.17, 15) is 13.2 Å². The molecule has 1 aromatic carbocycles. The van der Waals surface area contributed by atoms with Crippen LogP contribution in [0.3, 0.4) is 0 Å². The van der Waals surface area contributed by atoms with Crippen LogP contribution in [0.25, 0.3) is 0 Å². The molecule has 0 saturated carbocycles.